The molecule has 4 atom stereocenters. The van der Waals surface area contributed by atoms with Gasteiger partial charge in [-0.1, -0.05) is 6.07 Å². The second kappa shape index (κ2) is 11.9. The van der Waals surface area contributed by atoms with E-state index in [0.717, 1.165) is 30.7 Å². The second-order valence-electron chi connectivity index (χ2n) is 11.5. The first-order valence-corrected chi connectivity index (χ1v) is 15.4. The number of hydrogen-bond acceptors (Lipinski definition) is 7. The van der Waals surface area contributed by atoms with E-state index in [-0.39, 0.29) is 47.1 Å². The Balaban J connectivity index is 1.30. The van der Waals surface area contributed by atoms with Gasteiger partial charge in [0.2, 0.25) is 5.91 Å². The van der Waals surface area contributed by atoms with Crippen LogP contribution in [0.15, 0.2) is 41.3 Å². The van der Waals surface area contributed by atoms with Crippen molar-refractivity contribution < 1.29 is 54.9 Å². The Morgan fingerprint density at radius 1 is 1.02 bits per heavy atom. The summed E-state index contributed by atoms with van der Waals surface area (Å²) in [6.45, 7) is 0.0637. The van der Waals surface area contributed by atoms with Gasteiger partial charge in [0.1, 0.15) is 5.75 Å². The van der Waals surface area contributed by atoms with E-state index in [2.05, 4.69) is 10.6 Å². The Hall–Kier alpha value is -3.88. The second-order valence-corrected chi connectivity index (χ2v) is 13.4. The van der Waals surface area contributed by atoms with Crippen molar-refractivity contribution in [3.05, 3.63) is 47.8 Å². The first kappa shape index (κ1) is 31.5. The summed E-state index contributed by atoms with van der Waals surface area (Å²) in [5, 5.41) is 14.4. The molecule has 5 rings (SSSR count). The van der Waals surface area contributed by atoms with E-state index >= 15 is 0 Å². The fourth-order valence-corrected chi connectivity index (χ4v) is 7.29. The number of alkyl halides is 3. The van der Waals surface area contributed by atoms with Crippen LogP contribution in [-0.2, 0) is 19.4 Å². The lowest BCUT2D eigenvalue weighted by Crippen LogP contribution is -2.48. The first-order chi connectivity index (χ1) is 20.7. The van der Waals surface area contributed by atoms with Crippen molar-refractivity contribution in [3.63, 3.8) is 0 Å². The summed E-state index contributed by atoms with van der Waals surface area (Å²) in [6.07, 6.45) is 2.85. The lowest BCUT2D eigenvalue weighted by molar-refractivity contribution is -0.146. The van der Waals surface area contributed by atoms with Crippen LogP contribution in [0.4, 0.5) is 23.2 Å². The number of nitrogens with one attached hydrogen (secondary N) is 2. The molecule has 3 fully saturated rings. The molecule has 15 heteroatoms. The highest BCUT2D eigenvalue weighted by atomic mass is 32.2. The Kier molecular flexibility index (Phi) is 8.53. The summed E-state index contributed by atoms with van der Waals surface area (Å²) in [5.74, 6) is -4.70. The molecule has 3 saturated carbocycles. The molecule has 0 spiro atoms. The number of hydrogen-bond donors (Lipinski definition) is 3. The Bertz CT molecular complexity index is 1580. The summed E-state index contributed by atoms with van der Waals surface area (Å²) in [4.78, 5) is 36.9. The average molecular weight is 643 g/mol. The quantitative estimate of drug-likeness (QED) is 0.323. The van der Waals surface area contributed by atoms with Crippen LogP contribution in [0, 0.1) is 35.4 Å². The van der Waals surface area contributed by atoms with Crippen LogP contribution in [-0.4, -0.2) is 56.6 Å². The molecule has 0 heterocycles. The van der Waals surface area contributed by atoms with Crippen molar-refractivity contribution in [2.24, 2.45) is 29.6 Å². The highest BCUT2D eigenvalue weighted by Gasteiger charge is 2.52. The molecule has 0 unspecified atom stereocenters. The van der Waals surface area contributed by atoms with Gasteiger partial charge in [-0.25, -0.2) is 12.8 Å². The van der Waals surface area contributed by atoms with Gasteiger partial charge in [0.05, 0.1) is 36.0 Å². The van der Waals surface area contributed by atoms with Gasteiger partial charge in [-0.2, -0.15) is 13.2 Å². The number of aliphatic carboxylic acids is 1. The lowest BCUT2D eigenvalue weighted by Gasteiger charge is -2.32. The van der Waals surface area contributed by atoms with Crippen LogP contribution in [0.5, 0.6) is 11.5 Å². The fraction of sp³-hybridized carbons (Fsp3) is 0.483. The number of carbonyl (C=O) groups is 3. The highest BCUT2D eigenvalue weighted by molar-refractivity contribution is 7.92. The third-order valence-electron chi connectivity index (χ3n) is 8.79. The van der Waals surface area contributed by atoms with Gasteiger partial charge in [0, 0.05) is 17.8 Å². The lowest BCUT2D eigenvalue weighted by atomic mass is 9.75. The monoisotopic (exact) mass is 642 g/mol. The molecule has 0 aromatic heterocycles. The van der Waals surface area contributed by atoms with Gasteiger partial charge >= 0.3 is 11.5 Å². The molecule has 2 bridgehead atoms. The van der Waals surface area contributed by atoms with E-state index in [1.54, 1.807) is 0 Å². The minimum atomic E-state index is -5.63. The Morgan fingerprint density at radius 3 is 2.39 bits per heavy atom. The number of fused-ring (bicyclic) bond motifs is 2. The largest absolute Gasteiger partial charge is 0.501 e. The van der Waals surface area contributed by atoms with Crippen molar-refractivity contribution in [1.29, 1.82) is 0 Å². The molecule has 3 N–H and O–H groups in total. The SMILES string of the molecule is COc1cc(F)c(OCC2CC(C(=O)O)C2)cc1C(=O)N[C@@H]1[C@@H]2CC[C@@H](C2)[C@@H]1C(=O)Nc1cccc(S(=O)(=O)C(F)(F)F)c1. The minimum Gasteiger partial charge on any atom is -0.496 e. The zero-order valence-corrected chi connectivity index (χ0v) is 24.2. The smallest absolute Gasteiger partial charge is 0.496 e. The normalized spacial score (nSPS) is 26.0. The van der Waals surface area contributed by atoms with Crippen LogP contribution in [0.25, 0.3) is 0 Å². The summed E-state index contributed by atoms with van der Waals surface area (Å²) in [5.41, 5.74) is -5.70. The summed E-state index contributed by atoms with van der Waals surface area (Å²) in [6, 6.07) is 5.40. The molecule has 238 valence electrons. The minimum absolute atomic E-state index is 0.0482. The highest BCUT2D eigenvalue weighted by Crippen LogP contribution is 2.49. The molecular formula is C29H30F4N2O8S. The van der Waals surface area contributed by atoms with Crippen LogP contribution in [0.1, 0.15) is 42.5 Å². The van der Waals surface area contributed by atoms with Gasteiger partial charge in [0.25, 0.3) is 15.7 Å². The van der Waals surface area contributed by atoms with E-state index in [4.69, 9.17) is 14.6 Å². The molecule has 44 heavy (non-hydrogen) atoms. The van der Waals surface area contributed by atoms with Crippen molar-refractivity contribution in [2.45, 2.75) is 48.5 Å². The predicted molar refractivity (Wildman–Crippen MR) is 146 cm³/mol. The maximum atomic E-state index is 14.7. The third kappa shape index (κ3) is 6.06. The van der Waals surface area contributed by atoms with E-state index in [1.807, 2.05) is 0 Å². The van der Waals surface area contributed by atoms with Crippen molar-refractivity contribution >= 4 is 33.3 Å². The average Bonchev–Trinajstić information content (AvgIpc) is 3.54. The molecule has 10 nitrogen and oxygen atoms in total. The number of carboxylic acid groups (broad SMARTS) is 1. The predicted octanol–water partition coefficient (Wildman–Crippen LogP) is 4.40. The Labute approximate surface area is 250 Å². The number of benzene rings is 2. The number of halogens is 4. The number of sulfone groups is 1. The number of rotatable bonds is 10. The van der Waals surface area contributed by atoms with E-state index in [1.165, 1.54) is 19.2 Å². The number of ether oxygens (including phenoxy) is 2. The van der Waals surface area contributed by atoms with Gasteiger partial charge in [-0.3, -0.25) is 14.4 Å². The number of anilines is 1. The molecule has 0 radical (unpaired) electrons. The molecule has 2 amide bonds. The molecule has 3 aliphatic carbocycles. The summed E-state index contributed by atoms with van der Waals surface area (Å²) in [7, 11) is -4.37. The standard InChI is InChI=1S/C29H30F4N2O8S/c1-42-22-12-21(30)23(43-13-14-7-17(8-14)28(38)39)11-20(22)26(36)35-25-16-6-5-15(9-16)24(25)27(37)34-18-3-2-4-19(10-18)44(40,41)29(31,32)33/h2-4,10-12,14-17,24-25H,5-9,13H2,1H3,(H,34,37)(H,35,36)(H,38,39)/t14?,15-,16+,17?,24-,25+/m0/s1. The maximum Gasteiger partial charge on any atom is 0.501 e. The topological polar surface area (TPSA) is 148 Å². The molecule has 3 aliphatic rings. The maximum absolute atomic E-state index is 14.7. The van der Waals surface area contributed by atoms with Gasteiger partial charge in [-0.15, -0.1) is 0 Å². The van der Waals surface area contributed by atoms with Crippen LogP contribution < -0.4 is 20.1 Å². The number of carboxylic acids is 1. The zero-order chi connectivity index (χ0) is 32.0. The van der Waals surface area contributed by atoms with Crippen LogP contribution in [0.3, 0.4) is 0 Å². The van der Waals surface area contributed by atoms with Crippen molar-refractivity contribution in [2.75, 3.05) is 19.0 Å². The van der Waals surface area contributed by atoms with E-state index < -0.39 is 61.7 Å². The van der Waals surface area contributed by atoms with Gasteiger partial charge in [-0.05, 0) is 74.1 Å². The first-order valence-electron chi connectivity index (χ1n) is 14.0. The van der Waals surface area contributed by atoms with Crippen LogP contribution >= 0.6 is 0 Å². The van der Waals surface area contributed by atoms with Crippen LogP contribution in [0.2, 0.25) is 0 Å². The molecular weight excluding hydrogens is 612 g/mol. The number of methoxy groups -OCH3 is 1. The molecule has 2 aromatic rings. The van der Waals surface area contributed by atoms with Crippen molar-refractivity contribution in [3.8, 4) is 11.5 Å². The van der Waals surface area contributed by atoms with E-state index in [0.29, 0.717) is 25.7 Å². The van der Waals surface area contributed by atoms with Gasteiger partial charge < -0.3 is 25.2 Å². The summed E-state index contributed by atoms with van der Waals surface area (Å²) < 4.78 is 88.3. The van der Waals surface area contributed by atoms with E-state index in [9.17, 15) is 40.4 Å². The third-order valence-corrected chi connectivity index (χ3v) is 10.3. The van der Waals surface area contributed by atoms with Gasteiger partial charge in [0.15, 0.2) is 11.6 Å². The summed E-state index contributed by atoms with van der Waals surface area (Å²) >= 11 is 0. The zero-order valence-electron chi connectivity index (χ0n) is 23.4. The molecule has 0 aliphatic heterocycles. The number of carbonyl (C=O) groups excluding carboxylic acids is 2. The molecule has 2 aromatic carbocycles. The van der Waals surface area contributed by atoms with Crippen molar-refractivity contribution in [1.82, 2.24) is 5.32 Å². The molecule has 0 saturated heterocycles. The number of amides is 2. The fourth-order valence-electron chi connectivity index (χ4n) is 6.48. The Morgan fingerprint density at radius 2 is 1.73 bits per heavy atom.